The Morgan fingerprint density at radius 3 is 2.78 bits per heavy atom. The van der Waals surface area contributed by atoms with E-state index in [9.17, 15) is 0 Å². The molecule has 1 rings (SSSR count). The monoisotopic (exact) mass is 121 g/mol. The molecule has 1 radical (unpaired) electrons. The topological polar surface area (TPSA) is 36.7 Å². The maximum absolute atomic E-state index is 6.97. The van der Waals surface area contributed by atoms with Gasteiger partial charge in [-0.15, -0.1) is 0 Å². The van der Waals surface area contributed by atoms with Crippen molar-refractivity contribution in [2.45, 2.75) is 13.5 Å². The van der Waals surface area contributed by atoms with Crippen LogP contribution in [-0.4, -0.2) is 4.98 Å². The zero-order valence-electron chi connectivity index (χ0n) is 5.39. The van der Waals surface area contributed by atoms with Crippen molar-refractivity contribution in [1.29, 1.82) is 0 Å². The van der Waals surface area contributed by atoms with E-state index in [0.29, 0.717) is 6.54 Å². The summed E-state index contributed by atoms with van der Waals surface area (Å²) in [5, 5.41) is 0. The summed E-state index contributed by atoms with van der Waals surface area (Å²) in [6.07, 6.45) is 1.74. The number of aryl methyl sites for hydroxylation is 1. The molecule has 1 aromatic heterocycles. The lowest BCUT2D eigenvalue weighted by molar-refractivity contribution is 1.00. The van der Waals surface area contributed by atoms with Crippen molar-refractivity contribution in [3.8, 4) is 0 Å². The Bertz CT molecular complexity index is 179. The molecule has 0 fully saturated rings. The van der Waals surface area contributed by atoms with Gasteiger partial charge in [-0.05, 0) is 18.6 Å². The van der Waals surface area contributed by atoms with E-state index in [1.165, 1.54) is 0 Å². The molecule has 0 unspecified atom stereocenters. The number of pyridine rings is 1. The van der Waals surface area contributed by atoms with E-state index in [2.05, 4.69) is 4.98 Å². The molecule has 2 heteroatoms. The molecular weight excluding hydrogens is 112 g/mol. The van der Waals surface area contributed by atoms with Crippen LogP contribution in [0.4, 0.5) is 0 Å². The van der Waals surface area contributed by atoms with Gasteiger partial charge in [0.05, 0.1) is 0 Å². The Morgan fingerprint density at radius 2 is 2.33 bits per heavy atom. The second kappa shape index (κ2) is 2.60. The van der Waals surface area contributed by atoms with Crippen LogP contribution in [0.25, 0.3) is 0 Å². The molecule has 1 heterocycles. The minimum atomic E-state index is 0.327. The molecule has 0 saturated carbocycles. The van der Waals surface area contributed by atoms with Crippen LogP contribution in [0.5, 0.6) is 0 Å². The summed E-state index contributed by atoms with van der Waals surface area (Å²) in [6.45, 7) is 2.26. The number of rotatable bonds is 1. The summed E-state index contributed by atoms with van der Waals surface area (Å²) in [6, 6.07) is 3.85. The Labute approximate surface area is 54.7 Å². The van der Waals surface area contributed by atoms with E-state index >= 15 is 0 Å². The lowest BCUT2D eigenvalue weighted by Crippen LogP contribution is -1.86. The van der Waals surface area contributed by atoms with Gasteiger partial charge in [0, 0.05) is 18.4 Å². The van der Waals surface area contributed by atoms with Crippen molar-refractivity contribution in [3.63, 3.8) is 0 Å². The predicted molar refractivity (Wildman–Crippen MR) is 35.8 cm³/mol. The number of aromatic nitrogens is 1. The Hall–Kier alpha value is -0.890. The van der Waals surface area contributed by atoms with E-state index in [4.69, 9.17) is 5.73 Å². The van der Waals surface area contributed by atoms with Crippen LogP contribution in [0, 0.1) is 6.92 Å². The molecule has 0 saturated heterocycles. The third-order valence-corrected chi connectivity index (χ3v) is 1.18. The van der Waals surface area contributed by atoms with Crippen molar-refractivity contribution in [2.24, 2.45) is 0 Å². The van der Waals surface area contributed by atoms with Crippen LogP contribution in [-0.2, 0) is 6.54 Å². The molecule has 0 aliphatic heterocycles. The van der Waals surface area contributed by atoms with Crippen molar-refractivity contribution in [2.75, 3.05) is 0 Å². The quantitative estimate of drug-likeness (QED) is 0.549. The van der Waals surface area contributed by atoms with Crippen LogP contribution >= 0.6 is 0 Å². The highest BCUT2D eigenvalue weighted by atomic mass is 14.7. The smallest absolute Gasteiger partial charge is 0.0372 e. The summed E-state index contributed by atoms with van der Waals surface area (Å²) in [5.41, 5.74) is 8.95. The Morgan fingerprint density at radius 1 is 1.56 bits per heavy atom. The fourth-order valence-corrected chi connectivity index (χ4v) is 0.603. The third kappa shape index (κ3) is 1.50. The van der Waals surface area contributed by atoms with Gasteiger partial charge < -0.3 is 0 Å². The van der Waals surface area contributed by atoms with Gasteiger partial charge in [0.2, 0.25) is 0 Å². The first-order valence-corrected chi connectivity index (χ1v) is 2.89. The van der Waals surface area contributed by atoms with Gasteiger partial charge in [-0.25, -0.2) is 0 Å². The summed E-state index contributed by atoms with van der Waals surface area (Å²) in [7, 11) is 0. The fourth-order valence-electron chi connectivity index (χ4n) is 0.603. The van der Waals surface area contributed by atoms with Crippen molar-refractivity contribution >= 4 is 0 Å². The van der Waals surface area contributed by atoms with Crippen molar-refractivity contribution < 1.29 is 0 Å². The van der Waals surface area contributed by atoms with Crippen LogP contribution in [0.3, 0.4) is 0 Å². The van der Waals surface area contributed by atoms with Gasteiger partial charge in [0.25, 0.3) is 0 Å². The molecule has 0 spiro atoms. The molecule has 0 aliphatic rings. The number of hydrogen-bond donors (Lipinski definition) is 0. The lowest BCUT2D eigenvalue weighted by Gasteiger charge is -1.93. The minimum absolute atomic E-state index is 0.327. The zero-order chi connectivity index (χ0) is 6.69. The van der Waals surface area contributed by atoms with Crippen LogP contribution in [0.1, 0.15) is 11.3 Å². The van der Waals surface area contributed by atoms with E-state index in [1.807, 2.05) is 19.1 Å². The maximum Gasteiger partial charge on any atom is 0.0372 e. The first-order chi connectivity index (χ1) is 4.33. The van der Waals surface area contributed by atoms with E-state index in [1.54, 1.807) is 6.20 Å². The second-order valence-electron chi connectivity index (χ2n) is 1.98. The van der Waals surface area contributed by atoms with Crippen LogP contribution < -0.4 is 5.73 Å². The summed E-state index contributed by atoms with van der Waals surface area (Å²) in [5.74, 6) is 0. The fraction of sp³-hybridized carbons (Fsp3) is 0.286. The Balaban J connectivity index is 2.88. The normalized spacial score (nSPS) is 9.56. The van der Waals surface area contributed by atoms with E-state index in [0.717, 1.165) is 11.3 Å². The maximum atomic E-state index is 6.97. The van der Waals surface area contributed by atoms with E-state index in [-0.39, 0.29) is 0 Å². The van der Waals surface area contributed by atoms with Crippen molar-refractivity contribution in [3.05, 3.63) is 29.6 Å². The molecule has 0 bridgehead atoms. The Kier molecular flexibility index (Phi) is 1.80. The van der Waals surface area contributed by atoms with Crippen LogP contribution in [0.15, 0.2) is 18.3 Å². The van der Waals surface area contributed by atoms with Gasteiger partial charge in [-0.2, -0.15) is 0 Å². The number of hydrogen-bond acceptors (Lipinski definition) is 1. The molecular formula is C7H9N2. The third-order valence-electron chi connectivity index (χ3n) is 1.18. The highest BCUT2D eigenvalue weighted by Crippen LogP contribution is 1.96. The van der Waals surface area contributed by atoms with E-state index < -0.39 is 0 Å². The second-order valence-corrected chi connectivity index (χ2v) is 1.98. The van der Waals surface area contributed by atoms with Gasteiger partial charge >= 0.3 is 0 Å². The minimum Gasteiger partial charge on any atom is -0.261 e. The van der Waals surface area contributed by atoms with Gasteiger partial charge in [-0.3, -0.25) is 10.7 Å². The first-order valence-electron chi connectivity index (χ1n) is 2.89. The number of nitrogens with zero attached hydrogens (tertiary/aromatic N) is 1. The molecule has 0 aromatic carbocycles. The van der Waals surface area contributed by atoms with Gasteiger partial charge in [0.1, 0.15) is 0 Å². The molecule has 0 aliphatic carbocycles. The summed E-state index contributed by atoms with van der Waals surface area (Å²) < 4.78 is 0. The molecule has 0 atom stereocenters. The first kappa shape index (κ1) is 6.23. The van der Waals surface area contributed by atoms with Crippen molar-refractivity contribution in [1.82, 2.24) is 10.7 Å². The lowest BCUT2D eigenvalue weighted by atomic mass is 10.2. The number of nitrogens with one attached hydrogen (secondary N) is 1. The molecule has 1 N–H and O–H groups in total. The van der Waals surface area contributed by atoms with Gasteiger partial charge in [0.15, 0.2) is 0 Å². The summed E-state index contributed by atoms with van der Waals surface area (Å²) >= 11 is 0. The average molecular weight is 121 g/mol. The predicted octanol–water partition coefficient (Wildman–Crippen LogP) is 1.17. The molecule has 1 aromatic rings. The molecule has 0 amide bonds. The molecule has 9 heavy (non-hydrogen) atoms. The largest absolute Gasteiger partial charge is 0.261 e. The average Bonchev–Trinajstić information content (AvgIpc) is 1.90. The highest BCUT2D eigenvalue weighted by Gasteiger charge is 1.86. The summed E-state index contributed by atoms with van der Waals surface area (Å²) in [4.78, 5) is 4.03. The SMILES string of the molecule is Cc1ccc(C[NH])cn1. The molecule has 47 valence electrons. The standard InChI is InChI=1S/C7H9N2/c1-6-2-3-7(4-8)5-9-6/h2-3,5,8H,4H2,1H3. The molecule has 2 nitrogen and oxygen atoms in total. The van der Waals surface area contributed by atoms with Gasteiger partial charge in [-0.1, -0.05) is 6.07 Å². The highest BCUT2D eigenvalue weighted by molar-refractivity contribution is 5.12. The van der Waals surface area contributed by atoms with Crippen LogP contribution in [0.2, 0.25) is 0 Å². The zero-order valence-corrected chi connectivity index (χ0v) is 5.39.